The van der Waals surface area contributed by atoms with Crippen molar-refractivity contribution in [1.82, 2.24) is 9.88 Å². The average molecular weight is 233 g/mol. The molecule has 0 aliphatic heterocycles. The molecule has 17 heavy (non-hydrogen) atoms. The number of nitrogens with zero attached hydrogens (tertiary/aromatic N) is 2. The van der Waals surface area contributed by atoms with Gasteiger partial charge >= 0.3 is 0 Å². The Hall–Kier alpha value is -1.09. The van der Waals surface area contributed by atoms with E-state index in [9.17, 15) is 0 Å². The Labute approximate surface area is 104 Å². The summed E-state index contributed by atoms with van der Waals surface area (Å²) in [5.41, 5.74) is 1.32. The molecule has 1 aromatic rings. The lowest BCUT2D eigenvalue weighted by Crippen LogP contribution is -2.25. The first kappa shape index (κ1) is 12.4. The summed E-state index contributed by atoms with van der Waals surface area (Å²) < 4.78 is 0. The van der Waals surface area contributed by atoms with Crippen LogP contribution < -0.4 is 5.32 Å². The standard InChI is InChI=1S/C14H23N3/c1-3-9-15-14-8-5-12(10-16-14)11-17(4-2)13-6-7-13/h5,8,10,13H,3-4,6-7,9,11H2,1-2H3,(H,15,16). The molecule has 0 bridgehead atoms. The fourth-order valence-electron chi connectivity index (χ4n) is 2.05. The summed E-state index contributed by atoms with van der Waals surface area (Å²) in [6.45, 7) is 7.58. The number of anilines is 1. The van der Waals surface area contributed by atoms with Gasteiger partial charge in [0, 0.05) is 25.3 Å². The number of hydrogen-bond donors (Lipinski definition) is 1. The minimum Gasteiger partial charge on any atom is -0.370 e. The first-order chi connectivity index (χ1) is 8.33. The highest BCUT2D eigenvalue weighted by Gasteiger charge is 2.27. The highest BCUT2D eigenvalue weighted by Crippen LogP contribution is 2.27. The Bertz CT molecular complexity index is 330. The van der Waals surface area contributed by atoms with E-state index in [0.717, 1.165) is 37.9 Å². The summed E-state index contributed by atoms with van der Waals surface area (Å²) in [5, 5.41) is 3.30. The lowest BCUT2D eigenvalue weighted by atomic mass is 10.2. The zero-order chi connectivity index (χ0) is 12.1. The fraction of sp³-hybridized carbons (Fsp3) is 0.643. The molecule has 1 aliphatic carbocycles. The van der Waals surface area contributed by atoms with Gasteiger partial charge in [-0.25, -0.2) is 4.98 Å². The van der Waals surface area contributed by atoms with Crippen LogP contribution in [0.4, 0.5) is 5.82 Å². The van der Waals surface area contributed by atoms with E-state index in [0.29, 0.717) is 0 Å². The van der Waals surface area contributed by atoms with Gasteiger partial charge in [-0.05, 0) is 37.4 Å². The molecule has 0 radical (unpaired) electrons. The quantitative estimate of drug-likeness (QED) is 0.785. The van der Waals surface area contributed by atoms with Crippen molar-refractivity contribution >= 4 is 5.82 Å². The van der Waals surface area contributed by atoms with Gasteiger partial charge < -0.3 is 5.32 Å². The van der Waals surface area contributed by atoms with Gasteiger partial charge in [0.25, 0.3) is 0 Å². The number of aromatic nitrogens is 1. The van der Waals surface area contributed by atoms with Gasteiger partial charge in [-0.15, -0.1) is 0 Å². The molecular formula is C14H23N3. The fourth-order valence-corrected chi connectivity index (χ4v) is 2.05. The lowest BCUT2D eigenvalue weighted by molar-refractivity contribution is 0.269. The molecule has 2 rings (SSSR count). The topological polar surface area (TPSA) is 28.2 Å². The van der Waals surface area contributed by atoms with Gasteiger partial charge in [0.15, 0.2) is 0 Å². The summed E-state index contributed by atoms with van der Waals surface area (Å²) in [4.78, 5) is 6.98. The molecule has 94 valence electrons. The van der Waals surface area contributed by atoms with E-state index in [2.05, 4.69) is 41.2 Å². The normalized spacial score (nSPS) is 15.2. The summed E-state index contributed by atoms with van der Waals surface area (Å²) >= 11 is 0. The molecule has 0 saturated heterocycles. The van der Waals surface area contributed by atoms with Crippen molar-refractivity contribution < 1.29 is 0 Å². The molecule has 1 saturated carbocycles. The average Bonchev–Trinajstić information content (AvgIpc) is 3.19. The summed E-state index contributed by atoms with van der Waals surface area (Å²) in [6.07, 6.45) is 5.88. The second kappa shape index (κ2) is 6.01. The van der Waals surface area contributed by atoms with Crippen LogP contribution in [0.5, 0.6) is 0 Å². The number of hydrogen-bond acceptors (Lipinski definition) is 3. The Kier molecular flexibility index (Phi) is 4.37. The minimum atomic E-state index is 0.831. The molecule has 0 unspecified atom stereocenters. The Balaban J connectivity index is 1.88. The van der Waals surface area contributed by atoms with Crippen molar-refractivity contribution in [2.45, 2.75) is 45.7 Å². The van der Waals surface area contributed by atoms with Crippen LogP contribution in [-0.2, 0) is 6.54 Å². The third-order valence-electron chi connectivity index (χ3n) is 3.24. The molecule has 3 heteroatoms. The molecule has 0 amide bonds. The molecular weight excluding hydrogens is 210 g/mol. The molecule has 3 nitrogen and oxygen atoms in total. The maximum atomic E-state index is 4.45. The zero-order valence-corrected chi connectivity index (χ0v) is 10.9. The van der Waals surface area contributed by atoms with Crippen molar-refractivity contribution in [3.63, 3.8) is 0 Å². The van der Waals surface area contributed by atoms with Gasteiger partial charge in [0.2, 0.25) is 0 Å². The highest BCUT2D eigenvalue weighted by molar-refractivity contribution is 5.35. The SMILES string of the molecule is CCCNc1ccc(CN(CC)C2CC2)cn1. The first-order valence-corrected chi connectivity index (χ1v) is 6.76. The van der Waals surface area contributed by atoms with Gasteiger partial charge in [0.05, 0.1) is 0 Å². The van der Waals surface area contributed by atoms with Crippen LogP contribution in [0, 0.1) is 0 Å². The molecule has 1 heterocycles. The Morgan fingerprint density at radius 3 is 2.71 bits per heavy atom. The van der Waals surface area contributed by atoms with Crippen molar-refractivity contribution in [2.24, 2.45) is 0 Å². The first-order valence-electron chi connectivity index (χ1n) is 6.76. The second-order valence-corrected chi connectivity index (χ2v) is 4.77. The Morgan fingerprint density at radius 1 is 1.35 bits per heavy atom. The monoisotopic (exact) mass is 233 g/mol. The van der Waals surface area contributed by atoms with Crippen LogP contribution in [0.1, 0.15) is 38.7 Å². The largest absolute Gasteiger partial charge is 0.370 e. The summed E-state index contributed by atoms with van der Waals surface area (Å²) in [5.74, 6) is 0.991. The van der Waals surface area contributed by atoms with Crippen LogP contribution in [0.25, 0.3) is 0 Å². The van der Waals surface area contributed by atoms with Crippen molar-refractivity contribution in [2.75, 3.05) is 18.4 Å². The lowest BCUT2D eigenvalue weighted by Gasteiger charge is -2.19. The van der Waals surface area contributed by atoms with E-state index in [4.69, 9.17) is 0 Å². The van der Waals surface area contributed by atoms with Crippen LogP contribution >= 0.6 is 0 Å². The van der Waals surface area contributed by atoms with Crippen LogP contribution in [-0.4, -0.2) is 29.0 Å². The molecule has 0 spiro atoms. The molecule has 1 aromatic heterocycles. The molecule has 0 atom stereocenters. The van der Waals surface area contributed by atoms with E-state index < -0.39 is 0 Å². The third kappa shape index (κ3) is 3.70. The molecule has 1 fully saturated rings. The van der Waals surface area contributed by atoms with Gasteiger partial charge in [-0.2, -0.15) is 0 Å². The van der Waals surface area contributed by atoms with Crippen LogP contribution in [0.3, 0.4) is 0 Å². The third-order valence-corrected chi connectivity index (χ3v) is 3.24. The van der Waals surface area contributed by atoms with Gasteiger partial charge in [0.1, 0.15) is 5.82 Å². The maximum absolute atomic E-state index is 4.45. The predicted octanol–water partition coefficient (Wildman–Crippen LogP) is 2.89. The molecule has 1 aliphatic rings. The van der Waals surface area contributed by atoms with Crippen molar-refractivity contribution in [3.05, 3.63) is 23.9 Å². The van der Waals surface area contributed by atoms with E-state index >= 15 is 0 Å². The smallest absolute Gasteiger partial charge is 0.125 e. The van der Waals surface area contributed by atoms with E-state index in [1.54, 1.807) is 0 Å². The van der Waals surface area contributed by atoms with Crippen molar-refractivity contribution in [3.8, 4) is 0 Å². The van der Waals surface area contributed by atoms with Crippen molar-refractivity contribution in [1.29, 1.82) is 0 Å². The summed E-state index contributed by atoms with van der Waals surface area (Å²) in [6, 6.07) is 5.11. The molecule has 1 N–H and O–H groups in total. The van der Waals surface area contributed by atoms with Crippen LogP contribution in [0.15, 0.2) is 18.3 Å². The highest BCUT2D eigenvalue weighted by atomic mass is 15.2. The van der Waals surface area contributed by atoms with E-state index in [-0.39, 0.29) is 0 Å². The van der Waals surface area contributed by atoms with E-state index in [1.807, 2.05) is 6.20 Å². The number of rotatable bonds is 7. The predicted molar refractivity (Wildman–Crippen MR) is 72.1 cm³/mol. The number of nitrogens with one attached hydrogen (secondary N) is 1. The minimum absolute atomic E-state index is 0.831. The molecule has 0 aromatic carbocycles. The Morgan fingerprint density at radius 2 is 2.18 bits per heavy atom. The summed E-state index contributed by atoms with van der Waals surface area (Å²) in [7, 11) is 0. The van der Waals surface area contributed by atoms with Crippen LogP contribution in [0.2, 0.25) is 0 Å². The van der Waals surface area contributed by atoms with Gasteiger partial charge in [-0.3, -0.25) is 4.90 Å². The maximum Gasteiger partial charge on any atom is 0.125 e. The van der Waals surface area contributed by atoms with E-state index in [1.165, 1.54) is 18.4 Å². The number of pyridine rings is 1. The van der Waals surface area contributed by atoms with Gasteiger partial charge in [-0.1, -0.05) is 19.9 Å². The zero-order valence-electron chi connectivity index (χ0n) is 10.9. The second-order valence-electron chi connectivity index (χ2n) is 4.77.